The van der Waals surface area contributed by atoms with Crippen LogP contribution in [0.3, 0.4) is 0 Å². The number of H-pyrrole nitrogens is 1. The molecule has 1 amide bonds. The number of aromatic nitrogens is 2. The van der Waals surface area contributed by atoms with Crippen LogP contribution in [0.4, 0.5) is 5.69 Å². The molecule has 1 atom stereocenters. The molecule has 2 N–H and O–H groups in total. The zero-order chi connectivity index (χ0) is 24.6. The SMILES string of the molecule is Cc1cccc(NS(=O)(=O)c2ccc(C)c(C(=O)N3CCCC(c4nc5ccccc5[nH]4)C3)c2)c1. The summed E-state index contributed by atoms with van der Waals surface area (Å²) in [5.41, 5.74) is 4.50. The molecule has 3 aromatic carbocycles. The summed E-state index contributed by atoms with van der Waals surface area (Å²) < 4.78 is 28.7. The van der Waals surface area contributed by atoms with Gasteiger partial charge in [0.15, 0.2) is 0 Å². The number of nitrogens with zero attached hydrogens (tertiary/aromatic N) is 2. The molecule has 0 saturated carbocycles. The first kappa shape index (κ1) is 23.1. The van der Waals surface area contributed by atoms with Crippen LogP contribution < -0.4 is 4.72 Å². The molecular weight excluding hydrogens is 460 g/mol. The third kappa shape index (κ3) is 4.79. The van der Waals surface area contributed by atoms with E-state index in [4.69, 9.17) is 4.98 Å². The molecule has 4 aromatic rings. The summed E-state index contributed by atoms with van der Waals surface area (Å²) in [6, 6.07) is 19.8. The largest absolute Gasteiger partial charge is 0.342 e. The summed E-state index contributed by atoms with van der Waals surface area (Å²) in [4.78, 5) is 23.5. The summed E-state index contributed by atoms with van der Waals surface area (Å²) in [7, 11) is -3.84. The number of hydrogen-bond acceptors (Lipinski definition) is 4. The first-order valence-corrected chi connectivity index (χ1v) is 13.2. The van der Waals surface area contributed by atoms with Crippen molar-refractivity contribution < 1.29 is 13.2 Å². The molecule has 2 heterocycles. The van der Waals surface area contributed by atoms with Crippen LogP contribution in [-0.4, -0.2) is 42.3 Å². The molecule has 1 aliphatic heterocycles. The van der Waals surface area contributed by atoms with Crippen molar-refractivity contribution in [1.29, 1.82) is 0 Å². The Bertz CT molecular complexity index is 1480. The third-order valence-corrected chi connectivity index (χ3v) is 7.90. The number of para-hydroxylation sites is 2. The van der Waals surface area contributed by atoms with Gasteiger partial charge in [0, 0.05) is 30.3 Å². The zero-order valence-corrected chi connectivity index (χ0v) is 20.6. The summed E-state index contributed by atoms with van der Waals surface area (Å²) in [6.07, 6.45) is 1.80. The number of sulfonamides is 1. The standard InChI is InChI=1S/C27H28N4O3S/c1-18-7-5-9-21(15-18)30-35(33,34)22-13-12-19(2)23(16-22)27(32)31-14-6-8-20(17-31)26-28-24-10-3-4-11-25(24)29-26/h3-5,7,9-13,15-16,20,30H,6,8,14,17H2,1-2H3,(H,28,29). The van der Waals surface area contributed by atoms with Crippen LogP contribution in [-0.2, 0) is 10.0 Å². The minimum absolute atomic E-state index is 0.0683. The first-order valence-electron chi connectivity index (χ1n) is 11.7. The van der Waals surface area contributed by atoms with Gasteiger partial charge in [-0.05, 0) is 74.2 Å². The van der Waals surface area contributed by atoms with E-state index in [2.05, 4.69) is 9.71 Å². The Morgan fingerprint density at radius 2 is 1.89 bits per heavy atom. The number of aromatic amines is 1. The Hall–Kier alpha value is -3.65. The normalized spacial score (nSPS) is 16.4. The van der Waals surface area contributed by atoms with Crippen LogP contribution in [0, 0.1) is 13.8 Å². The Morgan fingerprint density at radius 3 is 2.69 bits per heavy atom. The van der Waals surface area contributed by atoms with Crippen LogP contribution in [0.1, 0.15) is 46.1 Å². The van der Waals surface area contributed by atoms with Gasteiger partial charge in [-0.2, -0.15) is 0 Å². The van der Waals surface area contributed by atoms with Gasteiger partial charge in [0.1, 0.15) is 5.82 Å². The lowest BCUT2D eigenvalue weighted by Crippen LogP contribution is -2.39. The van der Waals surface area contributed by atoms with Gasteiger partial charge in [-0.15, -0.1) is 0 Å². The number of imidazole rings is 1. The quantitative estimate of drug-likeness (QED) is 0.413. The van der Waals surface area contributed by atoms with E-state index in [1.165, 1.54) is 12.1 Å². The lowest BCUT2D eigenvalue weighted by Gasteiger charge is -2.32. The fraction of sp³-hybridized carbons (Fsp3) is 0.259. The molecule has 0 spiro atoms. The molecule has 180 valence electrons. The second-order valence-corrected chi connectivity index (χ2v) is 10.9. The van der Waals surface area contributed by atoms with Crippen molar-refractivity contribution in [1.82, 2.24) is 14.9 Å². The van der Waals surface area contributed by atoms with Gasteiger partial charge in [-0.3, -0.25) is 9.52 Å². The van der Waals surface area contributed by atoms with Crippen LogP contribution in [0.5, 0.6) is 0 Å². The Labute approximate surface area is 205 Å². The minimum Gasteiger partial charge on any atom is -0.342 e. The average Bonchev–Trinajstić information content (AvgIpc) is 3.28. The van der Waals surface area contributed by atoms with Crippen molar-refractivity contribution in [2.45, 2.75) is 37.5 Å². The van der Waals surface area contributed by atoms with Crippen molar-refractivity contribution >= 4 is 32.7 Å². The van der Waals surface area contributed by atoms with E-state index in [1.807, 2.05) is 49.1 Å². The predicted molar refractivity (Wildman–Crippen MR) is 137 cm³/mol. The highest BCUT2D eigenvalue weighted by molar-refractivity contribution is 7.92. The van der Waals surface area contributed by atoms with Gasteiger partial charge in [-0.1, -0.05) is 30.3 Å². The van der Waals surface area contributed by atoms with E-state index in [0.717, 1.165) is 40.8 Å². The molecule has 35 heavy (non-hydrogen) atoms. The predicted octanol–water partition coefficient (Wildman–Crippen LogP) is 5.00. The highest BCUT2D eigenvalue weighted by Gasteiger charge is 2.29. The number of carbonyl (C=O) groups excluding carboxylic acids is 1. The van der Waals surface area contributed by atoms with E-state index in [-0.39, 0.29) is 16.7 Å². The fourth-order valence-corrected chi connectivity index (χ4v) is 5.72. The number of fused-ring (bicyclic) bond motifs is 1. The van der Waals surface area contributed by atoms with Crippen LogP contribution in [0.25, 0.3) is 11.0 Å². The maximum atomic E-state index is 13.5. The van der Waals surface area contributed by atoms with E-state index in [0.29, 0.717) is 24.3 Å². The number of rotatable bonds is 5. The molecular formula is C27H28N4O3S. The molecule has 1 aromatic heterocycles. The second kappa shape index (κ2) is 9.19. The van der Waals surface area contributed by atoms with Gasteiger partial charge in [0.2, 0.25) is 0 Å². The summed E-state index contributed by atoms with van der Waals surface area (Å²) in [6.45, 7) is 4.90. The Kier molecular flexibility index (Phi) is 6.06. The molecule has 1 aliphatic rings. The maximum Gasteiger partial charge on any atom is 0.261 e. The van der Waals surface area contributed by atoms with E-state index in [9.17, 15) is 13.2 Å². The highest BCUT2D eigenvalue weighted by atomic mass is 32.2. The molecule has 0 aliphatic carbocycles. The Balaban J connectivity index is 1.38. The molecule has 7 nitrogen and oxygen atoms in total. The number of likely N-dealkylation sites (tertiary alicyclic amines) is 1. The van der Waals surface area contributed by atoms with Gasteiger partial charge in [-0.25, -0.2) is 13.4 Å². The van der Waals surface area contributed by atoms with Crippen molar-refractivity contribution in [3.63, 3.8) is 0 Å². The Morgan fingerprint density at radius 1 is 1.06 bits per heavy atom. The fourth-order valence-electron chi connectivity index (χ4n) is 4.64. The van der Waals surface area contributed by atoms with Crippen molar-refractivity contribution in [2.75, 3.05) is 17.8 Å². The smallest absolute Gasteiger partial charge is 0.261 e. The number of amides is 1. The molecule has 1 fully saturated rings. The van der Waals surface area contributed by atoms with Gasteiger partial charge in [0.25, 0.3) is 15.9 Å². The number of nitrogens with one attached hydrogen (secondary N) is 2. The van der Waals surface area contributed by atoms with Crippen LogP contribution in [0.15, 0.2) is 71.6 Å². The van der Waals surface area contributed by atoms with E-state index in [1.54, 1.807) is 24.3 Å². The number of piperidine rings is 1. The van der Waals surface area contributed by atoms with Gasteiger partial charge < -0.3 is 9.88 Å². The molecule has 5 rings (SSSR count). The van der Waals surface area contributed by atoms with Crippen LogP contribution in [0.2, 0.25) is 0 Å². The zero-order valence-electron chi connectivity index (χ0n) is 19.8. The molecule has 1 saturated heterocycles. The maximum absolute atomic E-state index is 13.5. The van der Waals surface area contributed by atoms with Crippen molar-refractivity contribution in [2.24, 2.45) is 0 Å². The number of anilines is 1. The number of carbonyl (C=O) groups is 1. The number of hydrogen-bond donors (Lipinski definition) is 2. The summed E-state index contributed by atoms with van der Waals surface area (Å²) in [5.74, 6) is 0.838. The lowest BCUT2D eigenvalue weighted by atomic mass is 9.96. The lowest BCUT2D eigenvalue weighted by molar-refractivity contribution is 0.0704. The van der Waals surface area contributed by atoms with E-state index >= 15 is 0 Å². The molecule has 0 bridgehead atoms. The molecule has 8 heteroatoms. The second-order valence-electron chi connectivity index (χ2n) is 9.18. The van der Waals surface area contributed by atoms with Crippen LogP contribution >= 0.6 is 0 Å². The third-order valence-electron chi connectivity index (χ3n) is 6.52. The van der Waals surface area contributed by atoms with Gasteiger partial charge >= 0.3 is 0 Å². The number of benzene rings is 3. The van der Waals surface area contributed by atoms with Gasteiger partial charge in [0.05, 0.1) is 15.9 Å². The molecule has 0 radical (unpaired) electrons. The monoisotopic (exact) mass is 488 g/mol. The van der Waals surface area contributed by atoms with Crippen molar-refractivity contribution in [3.05, 3.63) is 89.2 Å². The highest BCUT2D eigenvalue weighted by Crippen LogP contribution is 2.29. The number of aryl methyl sites for hydroxylation is 2. The van der Waals surface area contributed by atoms with Crippen molar-refractivity contribution in [3.8, 4) is 0 Å². The topological polar surface area (TPSA) is 95.2 Å². The summed E-state index contributed by atoms with van der Waals surface area (Å²) in [5, 5.41) is 0. The molecule has 1 unspecified atom stereocenters. The average molecular weight is 489 g/mol. The summed E-state index contributed by atoms with van der Waals surface area (Å²) >= 11 is 0. The van der Waals surface area contributed by atoms with E-state index < -0.39 is 10.0 Å². The minimum atomic E-state index is -3.84. The first-order chi connectivity index (χ1) is 16.8.